The normalized spacial score (nSPS) is 23.5. The van der Waals surface area contributed by atoms with Crippen molar-refractivity contribution in [1.29, 1.82) is 0 Å². The molecule has 1 heterocycles. The molecule has 6 aromatic carbocycles. The Morgan fingerprint density at radius 1 is 0.481 bits per heavy atom. The highest BCUT2D eigenvalue weighted by Crippen LogP contribution is 2.24. The van der Waals surface area contributed by atoms with Gasteiger partial charge in [-0.15, -0.1) is 0 Å². The number of carboxylic acid groups (broad SMARTS) is 1. The Morgan fingerprint density at radius 3 is 1.44 bits per heavy atom. The third kappa shape index (κ3) is 26.5. The van der Waals surface area contributed by atoms with Gasteiger partial charge in [0.1, 0.15) is 66.2 Å². The zero-order valence-electron chi connectivity index (χ0n) is 60.9. The van der Waals surface area contributed by atoms with Gasteiger partial charge in [-0.1, -0.05) is 175 Å². The fourth-order valence-corrected chi connectivity index (χ4v) is 14.1. The summed E-state index contributed by atoms with van der Waals surface area (Å²) in [6.45, 7) is 5.85. The third-order valence-electron chi connectivity index (χ3n) is 18.0. The van der Waals surface area contributed by atoms with Gasteiger partial charge in [-0.25, -0.2) is 4.79 Å². The molecule has 10 amide bonds. The predicted octanol–water partition coefficient (Wildman–Crippen LogP) is 0.437. The van der Waals surface area contributed by atoms with Crippen LogP contribution in [0.3, 0.4) is 0 Å². The van der Waals surface area contributed by atoms with E-state index in [4.69, 9.17) is 11.5 Å². The van der Waals surface area contributed by atoms with E-state index < -0.39 is 157 Å². The number of nitrogens with two attached hydrogens (primary N) is 2. The van der Waals surface area contributed by atoms with Crippen LogP contribution in [-0.4, -0.2) is 212 Å². The minimum Gasteiger partial charge on any atom is -0.508 e. The molecule has 19 N–H and O–H groups in total. The van der Waals surface area contributed by atoms with Gasteiger partial charge in [-0.2, -0.15) is 0 Å². The van der Waals surface area contributed by atoms with Gasteiger partial charge in [-0.3, -0.25) is 47.9 Å². The lowest BCUT2D eigenvalue weighted by atomic mass is 9.97. The number of aliphatic hydroxyl groups is 3. The number of aliphatic carboxylic acids is 1. The van der Waals surface area contributed by atoms with Crippen molar-refractivity contribution in [1.82, 2.24) is 58.1 Å². The fraction of sp³-hybridized carbons (Fsp3) is 0.416. The van der Waals surface area contributed by atoms with Crippen LogP contribution in [0.5, 0.6) is 5.75 Å². The number of carbonyl (C=O) groups excluding carboxylic acids is 10. The Hall–Kier alpha value is -9.99. The van der Waals surface area contributed by atoms with Gasteiger partial charge in [0, 0.05) is 63.2 Å². The summed E-state index contributed by atoms with van der Waals surface area (Å²) in [6, 6.07) is 25.1. The summed E-state index contributed by atoms with van der Waals surface area (Å²) in [7, 11) is 3.15. The number of nitrogens with one attached hydrogen (secondary N) is 10. The standard InChI is InChI=1S/C77H99N13O16S2/c1-44(2)80-40-51-25-23-50(24-26-51)39-64-73(101)89-66(46(4)93)74(102)84-60(37-49-28-31-55(94)32-29-49)71(99)88-65(45(3)92)75(103)86-62(41-91)72(100)87-63(77(105)106)43-108-107-42-56(79)67(95)81-57(22-14-15-33-78)68(96)82-58(35-47-16-8-6-9-17-47)69(97)83-59(36-48-18-10-7-11-19-48)70(98)85-61(76(104)90(64)5)38-52-27-30-53-20-12-13-21-54(53)34-52/h6-13,16-21,23-32,34,44-46,56-66,80,91-94H,14-15,22,33,35-43,78-79H2,1-5H3,(H,81,95)(H,82,96)(H,83,97)(H,84,102)(H,85,98)(H,86,103)(H,87,100)(H,88,99)(H,89,101)(H,105,106)/t45-,46-,56+,57+,58+,59+,60+,61-,62+,63+,64+,65+,66+/m1/s1. The van der Waals surface area contributed by atoms with Gasteiger partial charge in [0.05, 0.1) is 24.9 Å². The van der Waals surface area contributed by atoms with Gasteiger partial charge >= 0.3 is 5.97 Å². The summed E-state index contributed by atoms with van der Waals surface area (Å²) in [5.41, 5.74) is 15.7. The van der Waals surface area contributed by atoms with Crippen molar-refractivity contribution < 1.29 is 78.3 Å². The number of nitrogens with zero attached hydrogens (tertiary/aromatic N) is 1. The number of fused-ring (bicyclic) bond motifs is 1. The third-order valence-corrected chi connectivity index (χ3v) is 20.5. The van der Waals surface area contributed by atoms with Gasteiger partial charge in [-0.05, 0) is 95.9 Å². The molecule has 1 saturated heterocycles. The molecular weight excluding hydrogens is 1430 g/mol. The molecule has 13 atom stereocenters. The number of rotatable bonds is 21. The fourth-order valence-electron chi connectivity index (χ4n) is 11.8. The van der Waals surface area contributed by atoms with E-state index in [0.29, 0.717) is 47.2 Å². The number of benzene rings is 6. The molecule has 0 spiro atoms. The van der Waals surface area contributed by atoms with Crippen LogP contribution in [0.15, 0.2) is 152 Å². The number of carbonyl (C=O) groups is 11. The Labute approximate surface area is 634 Å². The van der Waals surface area contributed by atoms with Crippen molar-refractivity contribution >= 4 is 97.4 Å². The van der Waals surface area contributed by atoms with E-state index in [0.717, 1.165) is 49.7 Å². The summed E-state index contributed by atoms with van der Waals surface area (Å²) >= 11 is 0. The van der Waals surface area contributed by atoms with Crippen molar-refractivity contribution in [2.75, 3.05) is 31.7 Å². The molecule has 1 aliphatic heterocycles. The maximum atomic E-state index is 15.9. The lowest BCUT2D eigenvalue weighted by molar-refractivity contribution is -0.143. The monoisotopic (exact) mass is 1530 g/mol. The molecule has 0 aliphatic carbocycles. The predicted molar refractivity (Wildman–Crippen MR) is 410 cm³/mol. The lowest BCUT2D eigenvalue weighted by Gasteiger charge is -2.33. The number of likely N-dealkylation sites (N-methyl/N-ethyl adjacent to an activating group) is 1. The van der Waals surface area contributed by atoms with E-state index in [1.807, 2.05) is 62.4 Å². The number of amides is 10. The number of hydrogen-bond acceptors (Lipinski definition) is 20. The number of phenolic OH excluding ortho intramolecular Hbond substituents is 1. The molecule has 1 fully saturated rings. The van der Waals surface area contributed by atoms with E-state index in [1.54, 1.807) is 78.9 Å². The van der Waals surface area contributed by atoms with Crippen LogP contribution in [0.2, 0.25) is 0 Å². The van der Waals surface area contributed by atoms with Crippen LogP contribution in [0.1, 0.15) is 80.3 Å². The summed E-state index contributed by atoms with van der Waals surface area (Å²) in [5.74, 6) is -12.2. The van der Waals surface area contributed by atoms with E-state index in [1.165, 1.54) is 38.2 Å². The van der Waals surface area contributed by atoms with E-state index in [-0.39, 0.29) is 61.9 Å². The van der Waals surface area contributed by atoms with E-state index >= 15 is 19.2 Å². The second-order valence-corrected chi connectivity index (χ2v) is 29.6. The summed E-state index contributed by atoms with van der Waals surface area (Å²) in [4.78, 5) is 162. The Kier molecular flexibility index (Phi) is 33.6. The van der Waals surface area contributed by atoms with Crippen LogP contribution in [0.4, 0.5) is 0 Å². The Balaban J connectivity index is 1.34. The molecule has 0 radical (unpaired) electrons. The average Bonchev–Trinajstić information content (AvgIpc) is 0.819. The molecule has 0 aromatic heterocycles. The molecule has 1 aliphatic rings. The molecular formula is C77H99N13O16S2. The topological polar surface area (TPSA) is 464 Å². The van der Waals surface area contributed by atoms with Crippen LogP contribution in [0, 0.1) is 0 Å². The molecule has 0 saturated carbocycles. The molecule has 0 unspecified atom stereocenters. The Bertz CT molecular complexity index is 4020. The van der Waals surface area contributed by atoms with Crippen LogP contribution in [-0.2, 0) is 91.4 Å². The summed E-state index contributed by atoms with van der Waals surface area (Å²) in [5, 5.41) is 81.6. The van der Waals surface area contributed by atoms with Crippen molar-refractivity contribution in [2.45, 2.75) is 170 Å². The number of hydrogen-bond donors (Lipinski definition) is 17. The minimum atomic E-state index is -1.95. The first-order chi connectivity index (χ1) is 51.6. The van der Waals surface area contributed by atoms with Crippen molar-refractivity contribution in [3.8, 4) is 5.75 Å². The first-order valence-electron chi connectivity index (χ1n) is 35.7. The van der Waals surface area contributed by atoms with Gasteiger partial charge in [0.15, 0.2) is 0 Å². The number of aliphatic hydroxyl groups excluding tert-OH is 3. The van der Waals surface area contributed by atoms with Crippen LogP contribution in [0.25, 0.3) is 10.8 Å². The Morgan fingerprint density at radius 2 is 0.907 bits per heavy atom. The maximum absolute atomic E-state index is 15.9. The van der Waals surface area contributed by atoms with E-state index in [2.05, 4.69) is 53.2 Å². The second-order valence-electron chi connectivity index (χ2n) is 27.0. The molecule has 7 rings (SSSR count). The van der Waals surface area contributed by atoms with Gasteiger partial charge in [0.2, 0.25) is 59.1 Å². The zero-order chi connectivity index (χ0) is 78.6. The smallest absolute Gasteiger partial charge is 0.327 e. The number of aromatic hydroxyl groups is 1. The first-order valence-corrected chi connectivity index (χ1v) is 38.1. The van der Waals surface area contributed by atoms with Crippen LogP contribution < -0.4 is 64.6 Å². The number of unbranched alkanes of at least 4 members (excludes halogenated alkanes) is 1. The lowest BCUT2D eigenvalue weighted by Crippen LogP contribution is -2.63. The highest BCUT2D eigenvalue weighted by Gasteiger charge is 2.40. The second kappa shape index (κ2) is 42.5. The first kappa shape index (κ1) is 85.3. The molecule has 0 bridgehead atoms. The summed E-state index contributed by atoms with van der Waals surface area (Å²) < 4.78 is 0. The zero-order valence-corrected chi connectivity index (χ0v) is 62.5. The van der Waals surface area contributed by atoms with Crippen LogP contribution >= 0.6 is 21.6 Å². The van der Waals surface area contributed by atoms with Gasteiger partial charge < -0.3 is 95.1 Å². The van der Waals surface area contributed by atoms with Crippen molar-refractivity contribution in [3.05, 3.63) is 185 Å². The number of carboxylic acids is 1. The quantitative estimate of drug-likeness (QED) is 0.0343. The number of phenols is 1. The largest absolute Gasteiger partial charge is 0.508 e. The maximum Gasteiger partial charge on any atom is 0.327 e. The average molecular weight is 1530 g/mol. The molecule has 108 heavy (non-hydrogen) atoms. The summed E-state index contributed by atoms with van der Waals surface area (Å²) in [6.07, 6.45) is -3.87. The van der Waals surface area contributed by atoms with Gasteiger partial charge in [0.25, 0.3) is 0 Å². The molecule has 31 heteroatoms. The highest BCUT2D eigenvalue weighted by molar-refractivity contribution is 8.76. The highest BCUT2D eigenvalue weighted by atomic mass is 33.1. The molecule has 6 aromatic rings. The SMILES string of the molecule is CC(C)NCc1ccc(C[C@H]2C(=O)N[C@@H]([C@@H](C)O)C(=O)N[C@@H](Cc3ccc(O)cc3)C(=O)N[C@@H]([C@@H](C)O)C(=O)N[C@@H](CO)C(=O)N[C@H](C(=O)O)CSSC[C@H](N)C(=O)N[C@@H](CCCCN)C(=O)N[C@@H](Cc3ccccc3)C(=O)N[C@@H](Cc3ccccc3)C(=O)N[C@H](Cc3ccc4ccccc4c3)C(=O)N2C)cc1. The van der Waals surface area contributed by atoms with Crippen molar-refractivity contribution in [2.24, 2.45) is 11.5 Å². The molecule has 29 nitrogen and oxygen atoms in total. The van der Waals surface area contributed by atoms with Crippen molar-refractivity contribution in [3.63, 3.8) is 0 Å². The molecule has 580 valence electrons. The minimum absolute atomic E-state index is 0.0245. The van der Waals surface area contributed by atoms with E-state index in [9.17, 15) is 59.1 Å².